The lowest BCUT2D eigenvalue weighted by Crippen LogP contribution is -2.61. The number of nitrogens with one attached hydrogen (secondary N) is 2. The highest BCUT2D eigenvalue weighted by molar-refractivity contribution is 5.86. The first-order valence-electron chi connectivity index (χ1n) is 10.7. The average Bonchev–Trinajstić information content (AvgIpc) is 3.15. The summed E-state index contributed by atoms with van der Waals surface area (Å²) in [5, 5.41) is 3.27. The number of piperidine rings is 1. The zero-order valence-corrected chi connectivity index (χ0v) is 16.3. The van der Waals surface area contributed by atoms with Gasteiger partial charge in [-0.3, -0.25) is 9.69 Å². The van der Waals surface area contributed by atoms with Gasteiger partial charge in [0, 0.05) is 13.0 Å². The molecular weight excluding hydrogens is 336 g/mol. The van der Waals surface area contributed by atoms with Crippen LogP contribution < -0.4 is 5.32 Å². The summed E-state index contributed by atoms with van der Waals surface area (Å²) in [7, 11) is 0. The molecule has 2 aliphatic rings. The molecule has 146 valence electrons. The van der Waals surface area contributed by atoms with E-state index in [9.17, 15) is 4.79 Å². The van der Waals surface area contributed by atoms with Crippen LogP contribution in [0.25, 0.3) is 11.0 Å². The first-order valence-corrected chi connectivity index (χ1v) is 10.7. The molecule has 2 heterocycles. The van der Waals surface area contributed by atoms with Gasteiger partial charge in [-0.25, -0.2) is 4.98 Å². The van der Waals surface area contributed by atoms with Crippen LogP contribution in [0.5, 0.6) is 0 Å². The lowest BCUT2D eigenvalue weighted by atomic mass is 9.78. The molecule has 1 aromatic heterocycles. The van der Waals surface area contributed by atoms with Gasteiger partial charge in [0.2, 0.25) is 5.91 Å². The topological polar surface area (TPSA) is 61.0 Å². The fourth-order valence-electron chi connectivity index (χ4n) is 4.89. The Labute approximate surface area is 161 Å². The summed E-state index contributed by atoms with van der Waals surface area (Å²) >= 11 is 0. The van der Waals surface area contributed by atoms with Crippen LogP contribution in [-0.4, -0.2) is 45.9 Å². The number of imidazole rings is 1. The highest BCUT2D eigenvalue weighted by atomic mass is 16.2. The van der Waals surface area contributed by atoms with Crippen molar-refractivity contribution in [1.29, 1.82) is 0 Å². The van der Waals surface area contributed by atoms with Gasteiger partial charge in [0.25, 0.3) is 0 Å². The van der Waals surface area contributed by atoms with E-state index in [4.69, 9.17) is 0 Å². The van der Waals surface area contributed by atoms with Crippen molar-refractivity contribution in [2.75, 3.05) is 19.6 Å². The first kappa shape index (κ1) is 18.5. The summed E-state index contributed by atoms with van der Waals surface area (Å²) in [5.74, 6) is 1.28. The second kappa shape index (κ2) is 8.42. The molecule has 1 amide bonds. The molecule has 0 spiro atoms. The Hall–Kier alpha value is -1.88. The van der Waals surface area contributed by atoms with Crippen molar-refractivity contribution >= 4 is 16.9 Å². The number of fused-ring (bicyclic) bond motifs is 1. The number of nitrogens with zero attached hydrogens (tertiary/aromatic N) is 2. The molecule has 5 heteroatoms. The van der Waals surface area contributed by atoms with Gasteiger partial charge < -0.3 is 10.3 Å². The SMILES string of the molecule is O=C(NCCCc1nc2ccccc2[nH]1)C1(N2CCCCC2)CCCCC1. The summed E-state index contributed by atoms with van der Waals surface area (Å²) in [6, 6.07) is 8.12. The number of para-hydroxylation sites is 2. The molecule has 2 fully saturated rings. The van der Waals surface area contributed by atoms with E-state index in [2.05, 4.69) is 26.3 Å². The predicted octanol–water partition coefficient (Wildman–Crippen LogP) is 3.80. The van der Waals surface area contributed by atoms with Gasteiger partial charge in [0.15, 0.2) is 0 Å². The molecule has 27 heavy (non-hydrogen) atoms. The maximum Gasteiger partial charge on any atom is 0.240 e. The number of carbonyl (C=O) groups excluding carboxylic acids is 1. The molecule has 0 atom stereocenters. The molecule has 1 saturated carbocycles. The molecule has 0 unspecified atom stereocenters. The normalized spacial score (nSPS) is 20.6. The lowest BCUT2D eigenvalue weighted by Gasteiger charge is -2.46. The quantitative estimate of drug-likeness (QED) is 0.763. The number of hydrogen-bond donors (Lipinski definition) is 2. The van der Waals surface area contributed by atoms with Crippen LogP contribution in [0.2, 0.25) is 0 Å². The van der Waals surface area contributed by atoms with Crippen molar-refractivity contribution in [3.8, 4) is 0 Å². The van der Waals surface area contributed by atoms with Gasteiger partial charge in [0.1, 0.15) is 11.4 Å². The Kier molecular flexibility index (Phi) is 5.77. The molecule has 0 bridgehead atoms. The standard InChI is InChI=1S/C22H32N4O/c27-21(22(13-5-1-6-14-22)26-16-7-2-8-17-26)23-15-9-12-20-24-18-10-3-4-11-19(18)25-20/h3-4,10-11H,1-2,5-9,12-17H2,(H,23,27)(H,24,25). The summed E-state index contributed by atoms with van der Waals surface area (Å²) < 4.78 is 0. The number of likely N-dealkylation sites (tertiary alicyclic amines) is 1. The molecule has 1 aromatic carbocycles. The highest BCUT2D eigenvalue weighted by Crippen LogP contribution is 2.35. The summed E-state index contributed by atoms with van der Waals surface area (Å²) in [6.45, 7) is 2.91. The van der Waals surface area contributed by atoms with Crippen molar-refractivity contribution in [1.82, 2.24) is 20.2 Å². The third-order valence-corrected chi connectivity index (χ3v) is 6.38. The van der Waals surface area contributed by atoms with Crippen molar-refractivity contribution in [3.05, 3.63) is 30.1 Å². The zero-order chi connectivity index (χ0) is 18.5. The van der Waals surface area contributed by atoms with Gasteiger partial charge in [-0.15, -0.1) is 0 Å². The largest absolute Gasteiger partial charge is 0.354 e. The fraction of sp³-hybridized carbons (Fsp3) is 0.636. The number of amides is 1. The summed E-state index contributed by atoms with van der Waals surface area (Å²) in [5.41, 5.74) is 1.86. The zero-order valence-electron chi connectivity index (χ0n) is 16.3. The molecule has 1 saturated heterocycles. The third-order valence-electron chi connectivity index (χ3n) is 6.38. The lowest BCUT2D eigenvalue weighted by molar-refractivity contribution is -0.137. The van der Waals surface area contributed by atoms with Gasteiger partial charge in [-0.2, -0.15) is 0 Å². The number of aromatic amines is 1. The number of aromatic nitrogens is 2. The minimum absolute atomic E-state index is 0.238. The number of H-pyrrole nitrogens is 1. The Bertz CT molecular complexity index is 724. The van der Waals surface area contributed by atoms with E-state index in [1.807, 2.05) is 18.2 Å². The molecular formula is C22H32N4O. The van der Waals surface area contributed by atoms with Gasteiger partial charge in [0.05, 0.1) is 11.0 Å². The van der Waals surface area contributed by atoms with Crippen LogP contribution in [0.15, 0.2) is 24.3 Å². The predicted molar refractivity (Wildman–Crippen MR) is 109 cm³/mol. The molecule has 1 aliphatic carbocycles. The maximum atomic E-state index is 13.2. The maximum absolute atomic E-state index is 13.2. The summed E-state index contributed by atoms with van der Waals surface area (Å²) in [6.07, 6.45) is 11.3. The second-order valence-corrected chi connectivity index (χ2v) is 8.20. The number of hydrogen-bond acceptors (Lipinski definition) is 3. The number of rotatable bonds is 6. The van der Waals surface area contributed by atoms with E-state index in [0.29, 0.717) is 0 Å². The van der Waals surface area contributed by atoms with Crippen LogP contribution in [0.1, 0.15) is 63.6 Å². The molecule has 5 nitrogen and oxygen atoms in total. The van der Waals surface area contributed by atoms with E-state index < -0.39 is 0 Å². The van der Waals surface area contributed by atoms with E-state index in [0.717, 1.165) is 62.2 Å². The first-order chi connectivity index (χ1) is 13.3. The molecule has 2 N–H and O–H groups in total. The second-order valence-electron chi connectivity index (χ2n) is 8.20. The highest BCUT2D eigenvalue weighted by Gasteiger charge is 2.44. The van der Waals surface area contributed by atoms with Crippen LogP contribution in [0, 0.1) is 0 Å². The molecule has 0 radical (unpaired) electrons. The van der Waals surface area contributed by atoms with Gasteiger partial charge >= 0.3 is 0 Å². The Balaban J connectivity index is 1.32. The number of aryl methyl sites for hydroxylation is 1. The van der Waals surface area contributed by atoms with E-state index >= 15 is 0 Å². The van der Waals surface area contributed by atoms with Crippen molar-refractivity contribution in [2.45, 2.75) is 69.7 Å². The van der Waals surface area contributed by atoms with Gasteiger partial charge in [-0.1, -0.05) is 37.8 Å². The minimum atomic E-state index is -0.238. The Morgan fingerprint density at radius 2 is 1.81 bits per heavy atom. The molecule has 1 aliphatic heterocycles. The molecule has 2 aromatic rings. The van der Waals surface area contributed by atoms with Crippen LogP contribution in [0.3, 0.4) is 0 Å². The van der Waals surface area contributed by atoms with Gasteiger partial charge in [-0.05, 0) is 57.3 Å². The fourth-order valence-corrected chi connectivity index (χ4v) is 4.89. The smallest absolute Gasteiger partial charge is 0.240 e. The monoisotopic (exact) mass is 368 g/mol. The van der Waals surface area contributed by atoms with Crippen molar-refractivity contribution in [3.63, 3.8) is 0 Å². The van der Waals surface area contributed by atoms with Crippen LogP contribution in [0.4, 0.5) is 0 Å². The average molecular weight is 369 g/mol. The Morgan fingerprint density at radius 1 is 1.07 bits per heavy atom. The number of benzene rings is 1. The van der Waals surface area contributed by atoms with Crippen molar-refractivity contribution < 1.29 is 4.79 Å². The Morgan fingerprint density at radius 3 is 2.59 bits per heavy atom. The number of carbonyl (C=O) groups is 1. The van der Waals surface area contributed by atoms with E-state index in [1.54, 1.807) is 0 Å². The minimum Gasteiger partial charge on any atom is -0.354 e. The van der Waals surface area contributed by atoms with Crippen LogP contribution in [-0.2, 0) is 11.2 Å². The molecule has 4 rings (SSSR count). The summed E-state index contributed by atoms with van der Waals surface area (Å²) in [4.78, 5) is 23.7. The van der Waals surface area contributed by atoms with Crippen molar-refractivity contribution in [2.24, 2.45) is 0 Å². The van der Waals surface area contributed by atoms with E-state index in [-0.39, 0.29) is 11.4 Å². The van der Waals surface area contributed by atoms with E-state index in [1.165, 1.54) is 38.5 Å². The van der Waals surface area contributed by atoms with Crippen LogP contribution >= 0.6 is 0 Å². The third kappa shape index (κ3) is 4.03.